The second-order valence-electron chi connectivity index (χ2n) is 4.74. The van der Waals surface area contributed by atoms with Gasteiger partial charge >= 0.3 is 0 Å². The van der Waals surface area contributed by atoms with Crippen LogP contribution in [0.3, 0.4) is 0 Å². The van der Waals surface area contributed by atoms with Gasteiger partial charge in [0.25, 0.3) is 0 Å². The molecule has 13 heavy (non-hydrogen) atoms. The Kier molecular flexibility index (Phi) is 4.60. The molecule has 1 rings (SSSR count). The van der Waals surface area contributed by atoms with Crippen LogP contribution in [0.4, 0.5) is 0 Å². The van der Waals surface area contributed by atoms with E-state index in [1.807, 2.05) is 0 Å². The molecule has 1 heterocycles. The van der Waals surface area contributed by atoms with E-state index in [2.05, 4.69) is 37.8 Å². The van der Waals surface area contributed by atoms with Crippen LogP contribution in [0.2, 0.25) is 0 Å². The Morgan fingerprint density at radius 2 is 2.23 bits per heavy atom. The summed E-state index contributed by atoms with van der Waals surface area (Å²) in [7, 11) is 0. The summed E-state index contributed by atoms with van der Waals surface area (Å²) >= 11 is 2.11. The number of thioether (sulfide) groups is 1. The van der Waals surface area contributed by atoms with Crippen molar-refractivity contribution in [3.8, 4) is 0 Å². The van der Waals surface area contributed by atoms with Gasteiger partial charge in [0.05, 0.1) is 0 Å². The highest BCUT2D eigenvalue weighted by molar-refractivity contribution is 7.99. The van der Waals surface area contributed by atoms with E-state index in [-0.39, 0.29) is 0 Å². The molecule has 1 fully saturated rings. The van der Waals surface area contributed by atoms with Crippen LogP contribution in [0.15, 0.2) is 0 Å². The van der Waals surface area contributed by atoms with E-state index in [1.165, 1.54) is 37.3 Å². The lowest BCUT2D eigenvalue weighted by atomic mass is 9.97. The average molecular weight is 201 g/mol. The highest BCUT2D eigenvalue weighted by Gasteiger charge is 2.20. The van der Waals surface area contributed by atoms with Crippen LogP contribution in [-0.2, 0) is 0 Å². The lowest BCUT2D eigenvalue weighted by Gasteiger charge is -2.27. The summed E-state index contributed by atoms with van der Waals surface area (Å²) in [6.07, 6.45) is 3.98. The van der Waals surface area contributed by atoms with E-state index in [0.29, 0.717) is 5.54 Å². The Balaban J connectivity index is 2.15. The smallest absolute Gasteiger partial charge is 0.0125 e. The Bertz CT molecular complexity index is 139. The Labute approximate surface area is 87.1 Å². The molecule has 0 aromatic rings. The van der Waals surface area contributed by atoms with Crippen LogP contribution >= 0.6 is 11.8 Å². The molecule has 78 valence electrons. The number of rotatable bonds is 5. The summed E-state index contributed by atoms with van der Waals surface area (Å²) < 4.78 is 0. The van der Waals surface area contributed by atoms with Gasteiger partial charge in [-0.3, -0.25) is 0 Å². The molecule has 1 atom stereocenters. The second-order valence-corrected chi connectivity index (χ2v) is 5.89. The molecule has 0 aromatic heterocycles. The average Bonchev–Trinajstić information content (AvgIpc) is 2.52. The SMILES string of the molecule is CCCC(C)(C)NCC1CCSC1. The van der Waals surface area contributed by atoms with Crippen molar-refractivity contribution in [2.75, 3.05) is 18.1 Å². The predicted molar refractivity (Wildman–Crippen MR) is 62.4 cm³/mol. The van der Waals surface area contributed by atoms with E-state index >= 15 is 0 Å². The molecule has 0 radical (unpaired) electrons. The van der Waals surface area contributed by atoms with Crippen LogP contribution in [0.25, 0.3) is 0 Å². The summed E-state index contributed by atoms with van der Waals surface area (Å²) in [6.45, 7) is 8.12. The third-order valence-electron chi connectivity index (χ3n) is 2.77. The molecule has 1 nitrogen and oxygen atoms in total. The molecular formula is C11H23NS. The monoisotopic (exact) mass is 201 g/mol. The number of hydrogen-bond donors (Lipinski definition) is 1. The van der Waals surface area contributed by atoms with Crippen LogP contribution in [0, 0.1) is 5.92 Å². The maximum Gasteiger partial charge on any atom is 0.0125 e. The van der Waals surface area contributed by atoms with E-state index < -0.39 is 0 Å². The van der Waals surface area contributed by atoms with Gasteiger partial charge in [-0.25, -0.2) is 0 Å². The third kappa shape index (κ3) is 4.37. The molecule has 1 saturated heterocycles. The molecule has 0 aliphatic carbocycles. The summed E-state index contributed by atoms with van der Waals surface area (Å²) in [6, 6.07) is 0. The lowest BCUT2D eigenvalue weighted by molar-refractivity contribution is 0.334. The van der Waals surface area contributed by atoms with Crippen molar-refractivity contribution in [3.63, 3.8) is 0 Å². The molecule has 1 N–H and O–H groups in total. The first-order valence-corrected chi connectivity index (χ1v) is 6.62. The summed E-state index contributed by atoms with van der Waals surface area (Å²) in [5.41, 5.74) is 0.349. The molecule has 0 bridgehead atoms. The van der Waals surface area contributed by atoms with Gasteiger partial charge in [-0.1, -0.05) is 13.3 Å². The van der Waals surface area contributed by atoms with Crippen molar-refractivity contribution in [3.05, 3.63) is 0 Å². The minimum atomic E-state index is 0.349. The fourth-order valence-corrected chi connectivity index (χ4v) is 3.16. The molecule has 0 spiro atoms. The van der Waals surface area contributed by atoms with Crippen LogP contribution in [-0.4, -0.2) is 23.6 Å². The Morgan fingerprint density at radius 1 is 1.46 bits per heavy atom. The van der Waals surface area contributed by atoms with Crippen molar-refractivity contribution >= 4 is 11.8 Å². The van der Waals surface area contributed by atoms with Crippen LogP contribution < -0.4 is 5.32 Å². The molecular weight excluding hydrogens is 178 g/mol. The zero-order chi connectivity index (χ0) is 9.73. The summed E-state index contributed by atoms with van der Waals surface area (Å²) in [4.78, 5) is 0. The van der Waals surface area contributed by atoms with Gasteiger partial charge in [-0.2, -0.15) is 11.8 Å². The van der Waals surface area contributed by atoms with Crippen molar-refractivity contribution < 1.29 is 0 Å². The molecule has 2 heteroatoms. The largest absolute Gasteiger partial charge is 0.311 e. The van der Waals surface area contributed by atoms with Gasteiger partial charge in [0.1, 0.15) is 0 Å². The third-order valence-corrected chi connectivity index (χ3v) is 4.00. The summed E-state index contributed by atoms with van der Waals surface area (Å²) in [5, 5.41) is 3.69. The van der Waals surface area contributed by atoms with E-state index in [9.17, 15) is 0 Å². The fraction of sp³-hybridized carbons (Fsp3) is 1.00. The van der Waals surface area contributed by atoms with Gasteiger partial charge in [0, 0.05) is 5.54 Å². The van der Waals surface area contributed by atoms with Gasteiger partial charge in [-0.15, -0.1) is 0 Å². The van der Waals surface area contributed by atoms with Crippen LogP contribution in [0.1, 0.15) is 40.0 Å². The summed E-state index contributed by atoms with van der Waals surface area (Å²) in [5.74, 6) is 3.68. The predicted octanol–water partition coefficient (Wildman–Crippen LogP) is 2.91. The zero-order valence-electron chi connectivity index (χ0n) is 9.23. The number of hydrogen-bond acceptors (Lipinski definition) is 2. The molecule has 1 unspecified atom stereocenters. The van der Waals surface area contributed by atoms with Gasteiger partial charge in [0.15, 0.2) is 0 Å². The normalized spacial score (nSPS) is 23.8. The van der Waals surface area contributed by atoms with Crippen LogP contribution in [0.5, 0.6) is 0 Å². The Hall–Kier alpha value is 0.310. The van der Waals surface area contributed by atoms with E-state index in [1.54, 1.807) is 0 Å². The quantitative estimate of drug-likeness (QED) is 0.734. The molecule has 0 amide bonds. The number of nitrogens with one attached hydrogen (secondary N) is 1. The first-order valence-electron chi connectivity index (χ1n) is 5.47. The minimum Gasteiger partial charge on any atom is -0.311 e. The van der Waals surface area contributed by atoms with Gasteiger partial charge in [-0.05, 0) is 50.7 Å². The van der Waals surface area contributed by atoms with Crippen molar-refractivity contribution in [2.45, 2.75) is 45.6 Å². The molecule has 0 saturated carbocycles. The van der Waals surface area contributed by atoms with E-state index in [4.69, 9.17) is 0 Å². The lowest BCUT2D eigenvalue weighted by Crippen LogP contribution is -2.41. The first-order chi connectivity index (χ1) is 6.14. The first kappa shape index (κ1) is 11.4. The molecule has 1 aliphatic rings. The molecule has 1 aliphatic heterocycles. The molecule has 0 aromatic carbocycles. The standard InChI is InChI=1S/C11H23NS/c1-4-6-11(2,3)12-8-10-5-7-13-9-10/h10,12H,4-9H2,1-3H3. The highest BCUT2D eigenvalue weighted by Crippen LogP contribution is 2.23. The maximum atomic E-state index is 3.69. The minimum absolute atomic E-state index is 0.349. The van der Waals surface area contributed by atoms with E-state index in [0.717, 1.165) is 5.92 Å². The van der Waals surface area contributed by atoms with Gasteiger partial charge < -0.3 is 5.32 Å². The highest BCUT2D eigenvalue weighted by atomic mass is 32.2. The maximum absolute atomic E-state index is 3.69. The Morgan fingerprint density at radius 3 is 2.77 bits per heavy atom. The zero-order valence-corrected chi connectivity index (χ0v) is 10.0. The van der Waals surface area contributed by atoms with Crippen molar-refractivity contribution in [1.82, 2.24) is 5.32 Å². The van der Waals surface area contributed by atoms with Gasteiger partial charge in [0.2, 0.25) is 0 Å². The topological polar surface area (TPSA) is 12.0 Å². The van der Waals surface area contributed by atoms with Crippen molar-refractivity contribution in [2.24, 2.45) is 5.92 Å². The second kappa shape index (κ2) is 5.26. The fourth-order valence-electron chi connectivity index (χ4n) is 1.88. The van der Waals surface area contributed by atoms with Crippen molar-refractivity contribution in [1.29, 1.82) is 0 Å².